The van der Waals surface area contributed by atoms with Crippen LogP contribution in [0, 0.1) is 5.82 Å². The largest absolute Gasteiger partial charge is 0.465 e. The number of hydrogen-bond donors (Lipinski definition) is 1. The predicted molar refractivity (Wildman–Crippen MR) is 62.8 cm³/mol. The summed E-state index contributed by atoms with van der Waals surface area (Å²) in [4.78, 5) is 14.3. The van der Waals surface area contributed by atoms with Gasteiger partial charge in [-0.1, -0.05) is 0 Å². The summed E-state index contributed by atoms with van der Waals surface area (Å²) in [6.45, 7) is 3.57. The molecule has 0 bridgehead atoms. The standard InChI is InChI=1S/C12H15FN2O2/c1-9-8-14(12(16)17)6-7-15(9)11-4-2-10(13)3-5-11/h2-5,9H,6-8H2,1H3,(H,16,17). The molecule has 0 aliphatic carbocycles. The number of benzene rings is 1. The molecule has 92 valence electrons. The van der Waals surface area contributed by atoms with Gasteiger partial charge in [0.1, 0.15) is 5.82 Å². The first-order valence-corrected chi connectivity index (χ1v) is 5.58. The van der Waals surface area contributed by atoms with Gasteiger partial charge in [0.15, 0.2) is 0 Å². The summed E-state index contributed by atoms with van der Waals surface area (Å²) >= 11 is 0. The van der Waals surface area contributed by atoms with E-state index in [0.29, 0.717) is 19.6 Å². The van der Waals surface area contributed by atoms with Crippen molar-refractivity contribution < 1.29 is 14.3 Å². The number of anilines is 1. The summed E-state index contributed by atoms with van der Waals surface area (Å²) in [6, 6.07) is 6.40. The Morgan fingerprint density at radius 2 is 2.00 bits per heavy atom. The Morgan fingerprint density at radius 3 is 2.53 bits per heavy atom. The minimum atomic E-state index is -0.879. The molecule has 1 atom stereocenters. The SMILES string of the molecule is CC1CN(C(=O)O)CCN1c1ccc(F)cc1. The Labute approximate surface area is 99.3 Å². The lowest BCUT2D eigenvalue weighted by Gasteiger charge is -2.40. The zero-order chi connectivity index (χ0) is 12.4. The highest BCUT2D eigenvalue weighted by molar-refractivity contribution is 5.65. The van der Waals surface area contributed by atoms with Crippen molar-refractivity contribution in [3.05, 3.63) is 30.1 Å². The second-order valence-electron chi connectivity index (χ2n) is 4.25. The number of carboxylic acid groups (broad SMARTS) is 1. The van der Waals surface area contributed by atoms with E-state index in [1.807, 2.05) is 6.92 Å². The molecule has 1 fully saturated rings. The lowest BCUT2D eigenvalue weighted by Crippen LogP contribution is -2.53. The van der Waals surface area contributed by atoms with Crippen LogP contribution in [-0.2, 0) is 0 Å². The van der Waals surface area contributed by atoms with Crippen molar-refractivity contribution in [2.75, 3.05) is 24.5 Å². The van der Waals surface area contributed by atoms with Gasteiger partial charge in [-0.05, 0) is 31.2 Å². The van der Waals surface area contributed by atoms with Crippen molar-refractivity contribution >= 4 is 11.8 Å². The molecule has 0 radical (unpaired) electrons. The molecular weight excluding hydrogens is 223 g/mol. The van der Waals surface area contributed by atoms with Gasteiger partial charge in [0, 0.05) is 31.4 Å². The van der Waals surface area contributed by atoms with E-state index in [-0.39, 0.29) is 11.9 Å². The maximum absolute atomic E-state index is 12.8. The van der Waals surface area contributed by atoms with Crippen LogP contribution in [0.4, 0.5) is 14.9 Å². The zero-order valence-corrected chi connectivity index (χ0v) is 9.64. The Bertz CT molecular complexity index is 407. The highest BCUT2D eigenvalue weighted by atomic mass is 19.1. The molecule has 4 nitrogen and oxygen atoms in total. The number of nitrogens with zero attached hydrogens (tertiary/aromatic N) is 2. The van der Waals surface area contributed by atoms with E-state index in [0.717, 1.165) is 5.69 Å². The van der Waals surface area contributed by atoms with Crippen LogP contribution in [0.1, 0.15) is 6.92 Å². The number of piperazine rings is 1. The monoisotopic (exact) mass is 238 g/mol. The number of amides is 1. The van der Waals surface area contributed by atoms with Gasteiger partial charge in [-0.2, -0.15) is 0 Å². The highest BCUT2D eigenvalue weighted by Gasteiger charge is 2.26. The number of halogens is 1. The third-order valence-corrected chi connectivity index (χ3v) is 3.06. The fourth-order valence-electron chi connectivity index (χ4n) is 2.15. The first kappa shape index (κ1) is 11.7. The van der Waals surface area contributed by atoms with Gasteiger partial charge in [-0.3, -0.25) is 0 Å². The first-order valence-electron chi connectivity index (χ1n) is 5.58. The van der Waals surface area contributed by atoms with Crippen molar-refractivity contribution in [2.45, 2.75) is 13.0 Å². The van der Waals surface area contributed by atoms with Crippen molar-refractivity contribution in [1.29, 1.82) is 0 Å². The van der Waals surface area contributed by atoms with Gasteiger partial charge in [0.2, 0.25) is 0 Å². The highest BCUT2D eigenvalue weighted by Crippen LogP contribution is 2.20. The molecule has 1 unspecified atom stereocenters. The van der Waals surface area contributed by atoms with Crippen LogP contribution in [0.2, 0.25) is 0 Å². The van der Waals surface area contributed by atoms with Gasteiger partial charge >= 0.3 is 6.09 Å². The van der Waals surface area contributed by atoms with Crippen molar-refractivity contribution in [1.82, 2.24) is 4.90 Å². The minimum Gasteiger partial charge on any atom is -0.465 e. The van der Waals surface area contributed by atoms with Crippen molar-refractivity contribution in [2.24, 2.45) is 0 Å². The van der Waals surface area contributed by atoms with Crippen LogP contribution in [0.25, 0.3) is 0 Å². The van der Waals surface area contributed by atoms with Crippen molar-refractivity contribution in [3.8, 4) is 0 Å². The summed E-state index contributed by atoms with van der Waals surface area (Å²) in [5.41, 5.74) is 0.934. The van der Waals surface area contributed by atoms with Crippen LogP contribution in [0.15, 0.2) is 24.3 Å². The summed E-state index contributed by atoms with van der Waals surface area (Å²) in [7, 11) is 0. The van der Waals surface area contributed by atoms with Crippen LogP contribution in [0.3, 0.4) is 0 Å². The van der Waals surface area contributed by atoms with E-state index >= 15 is 0 Å². The molecule has 1 heterocycles. The maximum atomic E-state index is 12.8. The molecule has 0 saturated carbocycles. The Morgan fingerprint density at radius 1 is 1.35 bits per heavy atom. The summed E-state index contributed by atoms with van der Waals surface area (Å²) in [5, 5.41) is 8.91. The van der Waals surface area contributed by atoms with Gasteiger partial charge in [-0.25, -0.2) is 9.18 Å². The smallest absolute Gasteiger partial charge is 0.407 e. The third kappa shape index (κ3) is 2.49. The molecular formula is C12H15FN2O2. The minimum absolute atomic E-state index is 0.102. The van der Waals surface area contributed by atoms with E-state index in [2.05, 4.69) is 4.90 Å². The lowest BCUT2D eigenvalue weighted by atomic mass is 10.1. The molecule has 1 amide bonds. The Kier molecular flexibility index (Phi) is 3.17. The molecule has 1 aliphatic heterocycles. The molecule has 2 rings (SSSR count). The van der Waals surface area contributed by atoms with Crippen LogP contribution >= 0.6 is 0 Å². The lowest BCUT2D eigenvalue weighted by molar-refractivity contribution is 0.136. The molecule has 1 aliphatic rings. The second-order valence-corrected chi connectivity index (χ2v) is 4.25. The molecule has 0 spiro atoms. The summed E-state index contributed by atoms with van der Waals surface area (Å²) in [5.74, 6) is -0.259. The van der Waals surface area contributed by atoms with E-state index in [4.69, 9.17) is 5.11 Å². The Hall–Kier alpha value is -1.78. The molecule has 5 heteroatoms. The zero-order valence-electron chi connectivity index (χ0n) is 9.64. The molecule has 1 aromatic carbocycles. The first-order chi connectivity index (χ1) is 8.08. The van der Waals surface area contributed by atoms with E-state index in [1.165, 1.54) is 17.0 Å². The fourth-order valence-corrected chi connectivity index (χ4v) is 2.15. The van der Waals surface area contributed by atoms with E-state index in [1.54, 1.807) is 12.1 Å². The average Bonchev–Trinajstić information content (AvgIpc) is 2.30. The number of rotatable bonds is 1. The predicted octanol–water partition coefficient (Wildman–Crippen LogP) is 2.01. The maximum Gasteiger partial charge on any atom is 0.407 e. The third-order valence-electron chi connectivity index (χ3n) is 3.06. The van der Waals surface area contributed by atoms with Gasteiger partial charge < -0.3 is 14.9 Å². The van der Waals surface area contributed by atoms with E-state index < -0.39 is 6.09 Å². The normalized spacial score (nSPS) is 20.5. The molecule has 17 heavy (non-hydrogen) atoms. The average molecular weight is 238 g/mol. The topological polar surface area (TPSA) is 43.8 Å². The summed E-state index contributed by atoms with van der Waals surface area (Å²) < 4.78 is 12.8. The quantitative estimate of drug-likeness (QED) is 0.814. The fraction of sp³-hybridized carbons (Fsp3) is 0.417. The molecule has 1 N–H and O–H groups in total. The van der Waals surface area contributed by atoms with E-state index in [9.17, 15) is 9.18 Å². The van der Waals surface area contributed by atoms with Gasteiger partial charge in [0.05, 0.1) is 0 Å². The molecule has 0 aromatic heterocycles. The second kappa shape index (κ2) is 4.61. The number of hydrogen-bond acceptors (Lipinski definition) is 2. The van der Waals surface area contributed by atoms with Gasteiger partial charge in [0.25, 0.3) is 0 Å². The number of carbonyl (C=O) groups is 1. The molecule has 1 saturated heterocycles. The van der Waals surface area contributed by atoms with Crippen LogP contribution in [-0.4, -0.2) is 41.8 Å². The Balaban J connectivity index is 2.09. The molecule has 1 aromatic rings. The summed E-state index contributed by atoms with van der Waals surface area (Å²) in [6.07, 6.45) is -0.879. The van der Waals surface area contributed by atoms with Crippen molar-refractivity contribution in [3.63, 3.8) is 0 Å². The van der Waals surface area contributed by atoms with Crippen LogP contribution < -0.4 is 4.90 Å². The van der Waals surface area contributed by atoms with Gasteiger partial charge in [-0.15, -0.1) is 0 Å². The van der Waals surface area contributed by atoms with Crippen LogP contribution in [0.5, 0.6) is 0 Å².